The van der Waals surface area contributed by atoms with E-state index in [-0.39, 0.29) is 88.4 Å². The number of halogens is 3. The van der Waals surface area contributed by atoms with Crippen LogP contribution in [0, 0.1) is 0 Å². The topological polar surface area (TPSA) is 0 Å². The molecule has 0 atom stereocenters. The first-order valence-electron chi connectivity index (χ1n) is 0. The Morgan fingerprint density at radius 2 is 0.800 bits per heavy atom. The van der Waals surface area contributed by atoms with Crippen LogP contribution in [0.3, 0.4) is 0 Å². The largest absolute Gasteiger partial charge is 2.00 e. The quantitative estimate of drug-likeness (QED) is 0.367. The van der Waals surface area contributed by atoms with Crippen LogP contribution in [-0.2, 0) is 17.1 Å². The molecule has 0 aromatic carbocycles. The van der Waals surface area contributed by atoms with Gasteiger partial charge in [-0.25, -0.2) is 0 Å². The molecule has 0 amide bonds. The Hall–Kier alpha value is 2.58. The third-order valence-corrected chi connectivity index (χ3v) is 0. The van der Waals surface area contributed by atoms with Crippen molar-refractivity contribution in [3.05, 3.63) is 0 Å². The molecule has 0 bridgehead atoms. The summed E-state index contributed by atoms with van der Waals surface area (Å²) in [5.41, 5.74) is 0. The zero-order valence-electron chi connectivity index (χ0n) is 2.44. The van der Waals surface area contributed by atoms with E-state index in [1.807, 2.05) is 0 Å². The second-order valence-electron chi connectivity index (χ2n) is 0. The molecule has 0 heterocycles. The zero-order chi connectivity index (χ0) is 0. The Morgan fingerprint density at radius 1 is 0.800 bits per heavy atom. The molecule has 5 heavy (non-hydrogen) atoms. The van der Waals surface area contributed by atoms with Crippen LogP contribution in [-0.4, -0.2) is 0 Å². The first kappa shape index (κ1) is 49.3. The van der Waals surface area contributed by atoms with Crippen molar-refractivity contribution in [1.29, 1.82) is 0 Å². The molecule has 1 radical (unpaired) electrons. The molecule has 5 heteroatoms. The van der Waals surface area contributed by atoms with Crippen molar-refractivity contribution in [3.63, 3.8) is 0 Å². The van der Waals surface area contributed by atoms with Gasteiger partial charge in [-0.1, -0.05) is 0 Å². The Balaban J connectivity index is 0. The number of rotatable bonds is 0. The van der Waals surface area contributed by atoms with Gasteiger partial charge in [-0.3, -0.25) is 0 Å². The normalized spacial score (nSPS) is 0. The molecule has 0 rings (SSSR count). The average molecular weight is 237 g/mol. The van der Waals surface area contributed by atoms with Gasteiger partial charge in [-0.15, -0.1) is 0 Å². The van der Waals surface area contributed by atoms with Crippen LogP contribution in [0.4, 0.5) is 0 Å². The molecule has 0 saturated carbocycles. The van der Waals surface area contributed by atoms with Crippen molar-refractivity contribution >= 4 is 0 Å². The summed E-state index contributed by atoms with van der Waals surface area (Å²) < 4.78 is 0. The predicted octanol–water partition coefficient (Wildman–Crippen LogP) is -12.0. The first-order chi connectivity index (χ1) is 0. The van der Waals surface area contributed by atoms with Gasteiger partial charge in [0.2, 0.25) is 0 Å². The SMILES string of the molecule is [Br-].[Cl-].[Cl-].[Cu+2].[Na+]. The van der Waals surface area contributed by atoms with Gasteiger partial charge < -0.3 is 41.8 Å². The summed E-state index contributed by atoms with van der Waals surface area (Å²) in [4.78, 5) is 0. The fourth-order valence-electron chi connectivity index (χ4n) is 0. The van der Waals surface area contributed by atoms with E-state index in [2.05, 4.69) is 0 Å². The molecule has 0 spiro atoms. The van der Waals surface area contributed by atoms with E-state index in [0.29, 0.717) is 0 Å². The summed E-state index contributed by atoms with van der Waals surface area (Å²) in [5, 5.41) is 0. The molecule has 0 saturated heterocycles. The van der Waals surface area contributed by atoms with Crippen molar-refractivity contribution in [3.8, 4) is 0 Å². The smallest absolute Gasteiger partial charge is 1.00 e. The van der Waals surface area contributed by atoms with Crippen molar-refractivity contribution in [2.75, 3.05) is 0 Å². The molecule has 33 valence electrons. The fraction of sp³-hybridized carbons (Fsp3) is 0. The van der Waals surface area contributed by atoms with Gasteiger partial charge in [0.25, 0.3) is 0 Å². The minimum absolute atomic E-state index is 0. The number of hydrogen-bond donors (Lipinski definition) is 0. The standard InChI is InChI=1S/BrH.2ClH.Cu.Na/h3*1H;;/q;;;+2;+1/p-3. The minimum Gasteiger partial charge on any atom is -1.00 e. The van der Waals surface area contributed by atoms with Gasteiger partial charge in [0.05, 0.1) is 0 Å². The van der Waals surface area contributed by atoms with E-state index in [1.54, 1.807) is 0 Å². The monoisotopic (exact) mass is 235 g/mol. The molecule has 0 aromatic heterocycles. The molecule has 0 aliphatic heterocycles. The maximum absolute atomic E-state index is 0. The fourth-order valence-corrected chi connectivity index (χ4v) is 0. The van der Waals surface area contributed by atoms with Crippen molar-refractivity contribution < 1.29 is 88.4 Å². The van der Waals surface area contributed by atoms with Crippen LogP contribution in [0.1, 0.15) is 0 Å². The van der Waals surface area contributed by atoms with Crippen LogP contribution in [0.25, 0.3) is 0 Å². The average Bonchev–Trinajstić information content (AvgIpc) is 0. The maximum Gasteiger partial charge on any atom is 2.00 e. The van der Waals surface area contributed by atoms with Gasteiger partial charge in [-0.2, -0.15) is 0 Å². The summed E-state index contributed by atoms with van der Waals surface area (Å²) in [5.74, 6) is 0. The van der Waals surface area contributed by atoms with Crippen LogP contribution in [0.15, 0.2) is 0 Å². The van der Waals surface area contributed by atoms with Crippen LogP contribution in [0.2, 0.25) is 0 Å². The summed E-state index contributed by atoms with van der Waals surface area (Å²) in [6.45, 7) is 0. The Bertz CT molecular complexity index is 9.61. The molecule has 0 unspecified atom stereocenters. The third kappa shape index (κ3) is 20.7. The second kappa shape index (κ2) is 30.8. The third-order valence-electron chi connectivity index (χ3n) is 0. The molecular formula is BrCl2CuNa. The van der Waals surface area contributed by atoms with Crippen LogP contribution >= 0.6 is 0 Å². The Labute approximate surface area is 87.2 Å². The molecule has 0 aliphatic carbocycles. The Morgan fingerprint density at radius 3 is 0.800 bits per heavy atom. The molecule has 0 N–H and O–H groups in total. The summed E-state index contributed by atoms with van der Waals surface area (Å²) in [6.07, 6.45) is 0. The van der Waals surface area contributed by atoms with Gasteiger partial charge in [0.1, 0.15) is 0 Å². The molecule has 0 aromatic rings. The van der Waals surface area contributed by atoms with E-state index in [4.69, 9.17) is 0 Å². The van der Waals surface area contributed by atoms with Gasteiger partial charge >= 0.3 is 46.6 Å². The van der Waals surface area contributed by atoms with Gasteiger partial charge in [-0.05, 0) is 0 Å². The van der Waals surface area contributed by atoms with E-state index < -0.39 is 0 Å². The van der Waals surface area contributed by atoms with Crippen molar-refractivity contribution in [2.24, 2.45) is 0 Å². The molecular weight excluding hydrogens is 237 g/mol. The molecule has 0 aliphatic rings. The van der Waals surface area contributed by atoms with E-state index >= 15 is 0 Å². The van der Waals surface area contributed by atoms with E-state index in [0.717, 1.165) is 0 Å². The first-order valence-corrected chi connectivity index (χ1v) is 0. The summed E-state index contributed by atoms with van der Waals surface area (Å²) in [7, 11) is 0. The summed E-state index contributed by atoms with van der Waals surface area (Å²) >= 11 is 0. The Kier molecular flexibility index (Phi) is 304. The number of hydrogen-bond acceptors (Lipinski definition) is 0. The van der Waals surface area contributed by atoms with E-state index in [1.165, 1.54) is 0 Å². The predicted molar refractivity (Wildman–Crippen MR) is 0 cm³/mol. The van der Waals surface area contributed by atoms with Gasteiger partial charge in [0.15, 0.2) is 0 Å². The molecule has 0 fully saturated rings. The van der Waals surface area contributed by atoms with Crippen LogP contribution < -0.4 is 71.4 Å². The minimum atomic E-state index is 0. The zero-order valence-corrected chi connectivity index (χ0v) is 8.47. The second-order valence-corrected chi connectivity index (χ2v) is 0. The van der Waals surface area contributed by atoms with Crippen molar-refractivity contribution in [2.45, 2.75) is 0 Å². The maximum atomic E-state index is 0. The molecule has 0 nitrogen and oxygen atoms in total. The van der Waals surface area contributed by atoms with Crippen molar-refractivity contribution in [1.82, 2.24) is 0 Å². The summed E-state index contributed by atoms with van der Waals surface area (Å²) in [6, 6.07) is 0. The van der Waals surface area contributed by atoms with Gasteiger partial charge in [0, 0.05) is 0 Å². The van der Waals surface area contributed by atoms with E-state index in [9.17, 15) is 0 Å². The van der Waals surface area contributed by atoms with Crippen LogP contribution in [0.5, 0.6) is 0 Å².